The van der Waals surface area contributed by atoms with Crippen LogP contribution in [0, 0.1) is 5.82 Å². The number of aliphatic hydroxyl groups excluding tert-OH is 2. The molecule has 2 aliphatic heterocycles. The number of rotatable bonds is 7. The van der Waals surface area contributed by atoms with Gasteiger partial charge in [0.25, 0.3) is 5.91 Å². The fourth-order valence-corrected chi connectivity index (χ4v) is 4.09. The predicted octanol–water partition coefficient (Wildman–Crippen LogP) is 2.48. The summed E-state index contributed by atoms with van der Waals surface area (Å²) in [7, 11) is 0. The number of benzene rings is 1. The van der Waals surface area contributed by atoms with Crippen LogP contribution in [0.2, 0.25) is 5.02 Å². The maximum atomic E-state index is 15.2. The van der Waals surface area contributed by atoms with E-state index >= 15 is 8.78 Å². The SMILES string of the molecule is O=C1c2cc([C@@H](O)C3(F)CCOCC3)cc(F)c2[C@@H](OCCO)N1Cc1ncc(Cl)cn1. The van der Waals surface area contributed by atoms with E-state index in [4.69, 9.17) is 26.2 Å². The fourth-order valence-electron chi connectivity index (χ4n) is 3.99. The third kappa shape index (κ3) is 4.33. The Balaban J connectivity index is 1.68. The van der Waals surface area contributed by atoms with Crippen molar-refractivity contribution in [3.63, 3.8) is 0 Å². The molecule has 1 aromatic carbocycles. The molecule has 2 aliphatic rings. The van der Waals surface area contributed by atoms with Gasteiger partial charge in [0, 0.05) is 44.0 Å². The summed E-state index contributed by atoms with van der Waals surface area (Å²) in [5.74, 6) is -1.16. The lowest BCUT2D eigenvalue weighted by Gasteiger charge is -2.34. The maximum absolute atomic E-state index is 15.2. The average molecular weight is 470 g/mol. The van der Waals surface area contributed by atoms with E-state index in [9.17, 15) is 9.90 Å². The smallest absolute Gasteiger partial charge is 0.257 e. The number of carbonyl (C=O) groups excluding carboxylic acids is 1. The molecular weight excluding hydrogens is 448 g/mol. The van der Waals surface area contributed by atoms with Crippen LogP contribution in [-0.2, 0) is 16.0 Å². The van der Waals surface area contributed by atoms with Gasteiger partial charge < -0.3 is 24.6 Å². The van der Waals surface area contributed by atoms with Crippen molar-refractivity contribution in [3.8, 4) is 0 Å². The number of hydrogen-bond donors (Lipinski definition) is 2. The highest BCUT2D eigenvalue weighted by Gasteiger charge is 2.44. The molecule has 3 heterocycles. The second-order valence-corrected chi connectivity index (χ2v) is 8.15. The number of halogens is 3. The maximum Gasteiger partial charge on any atom is 0.257 e. The van der Waals surface area contributed by atoms with Gasteiger partial charge in [-0.3, -0.25) is 4.79 Å². The number of fused-ring (bicyclic) bond motifs is 1. The molecule has 1 aromatic heterocycles. The van der Waals surface area contributed by atoms with Gasteiger partial charge in [0.2, 0.25) is 0 Å². The molecule has 0 saturated carbocycles. The van der Waals surface area contributed by atoms with Gasteiger partial charge in [-0.15, -0.1) is 0 Å². The van der Waals surface area contributed by atoms with Crippen LogP contribution in [0.3, 0.4) is 0 Å². The molecule has 2 aromatic rings. The summed E-state index contributed by atoms with van der Waals surface area (Å²) in [6.45, 7) is -0.302. The molecule has 2 N–H and O–H groups in total. The number of nitrogens with zero attached hydrogens (tertiary/aromatic N) is 3. The molecule has 8 nitrogen and oxygen atoms in total. The predicted molar refractivity (Wildman–Crippen MR) is 108 cm³/mol. The molecule has 0 bridgehead atoms. The van der Waals surface area contributed by atoms with Crippen LogP contribution in [-0.4, -0.2) is 63.1 Å². The molecule has 0 spiro atoms. The molecular formula is C21H22ClF2N3O5. The molecule has 1 fully saturated rings. The second-order valence-electron chi connectivity index (χ2n) is 7.71. The van der Waals surface area contributed by atoms with Crippen LogP contribution in [0.15, 0.2) is 24.5 Å². The minimum atomic E-state index is -1.98. The molecule has 4 rings (SSSR count). The Bertz CT molecular complexity index is 988. The summed E-state index contributed by atoms with van der Waals surface area (Å²) < 4.78 is 41.1. The number of carbonyl (C=O) groups is 1. The first-order chi connectivity index (χ1) is 15.3. The van der Waals surface area contributed by atoms with E-state index in [1.807, 2.05) is 0 Å². The highest BCUT2D eigenvalue weighted by Crippen LogP contribution is 2.42. The van der Waals surface area contributed by atoms with Gasteiger partial charge in [-0.1, -0.05) is 11.6 Å². The molecule has 0 aliphatic carbocycles. The zero-order chi connectivity index (χ0) is 22.9. The quantitative estimate of drug-likeness (QED) is 0.641. The number of alkyl halides is 1. The van der Waals surface area contributed by atoms with Crippen LogP contribution >= 0.6 is 11.6 Å². The first-order valence-corrected chi connectivity index (χ1v) is 10.5. The lowest BCUT2D eigenvalue weighted by molar-refractivity contribution is -0.0832. The first-order valence-electron chi connectivity index (χ1n) is 10.1. The Kier molecular flexibility index (Phi) is 6.68. The van der Waals surface area contributed by atoms with E-state index in [-0.39, 0.29) is 68.3 Å². The molecule has 1 amide bonds. The van der Waals surface area contributed by atoms with Gasteiger partial charge in [0.1, 0.15) is 23.4 Å². The second kappa shape index (κ2) is 9.32. The number of hydrogen-bond acceptors (Lipinski definition) is 7. The van der Waals surface area contributed by atoms with Crippen LogP contribution in [0.1, 0.15) is 52.5 Å². The molecule has 2 atom stereocenters. The summed E-state index contributed by atoms with van der Waals surface area (Å²) >= 11 is 5.80. The van der Waals surface area contributed by atoms with Gasteiger partial charge in [-0.05, 0) is 17.7 Å². The molecule has 0 radical (unpaired) electrons. The lowest BCUT2D eigenvalue weighted by Crippen LogP contribution is -2.38. The molecule has 0 unspecified atom stereocenters. The minimum absolute atomic E-state index is 0.0375. The number of aromatic nitrogens is 2. The number of ether oxygens (including phenoxy) is 2. The highest BCUT2D eigenvalue weighted by atomic mass is 35.5. The van der Waals surface area contributed by atoms with E-state index in [0.29, 0.717) is 5.02 Å². The lowest BCUT2D eigenvalue weighted by atomic mass is 9.85. The van der Waals surface area contributed by atoms with Gasteiger partial charge in [-0.25, -0.2) is 18.7 Å². The number of aliphatic hydroxyl groups is 2. The van der Waals surface area contributed by atoms with Gasteiger partial charge in [0.15, 0.2) is 6.23 Å². The number of amides is 1. The summed E-state index contributed by atoms with van der Waals surface area (Å²) in [4.78, 5) is 22.5. The molecule has 1 saturated heterocycles. The van der Waals surface area contributed by atoms with Crippen molar-refractivity contribution in [3.05, 3.63) is 57.9 Å². The third-order valence-corrected chi connectivity index (χ3v) is 5.85. The molecule has 11 heteroatoms. The van der Waals surface area contributed by atoms with Gasteiger partial charge in [-0.2, -0.15) is 0 Å². The Morgan fingerprint density at radius 2 is 2.00 bits per heavy atom. The van der Waals surface area contributed by atoms with E-state index in [1.165, 1.54) is 23.4 Å². The van der Waals surface area contributed by atoms with Crippen LogP contribution in [0.5, 0.6) is 0 Å². The Morgan fingerprint density at radius 1 is 1.31 bits per heavy atom. The highest BCUT2D eigenvalue weighted by molar-refractivity contribution is 6.30. The van der Waals surface area contributed by atoms with E-state index in [2.05, 4.69) is 9.97 Å². The van der Waals surface area contributed by atoms with Crippen molar-refractivity contribution < 1.29 is 33.3 Å². The molecule has 32 heavy (non-hydrogen) atoms. The van der Waals surface area contributed by atoms with E-state index < -0.39 is 29.7 Å². The van der Waals surface area contributed by atoms with Crippen molar-refractivity contribution in [1.29, 1.82) is 0 Å². The van der Waals surface area contributed by atoms with Gasteiger partial charge in [0.05, 0.1) is 30.3 Å². The minimum Gasteiger partial charge on any atom is -0.394 e. The van der Waals surface area contributed by atoms with Crippen LogP contribution in [0.4, 0.5) is 8.78 Å². The topological polar surface area (TPSA) is 105 Å². The Hall–Kier alpha value is -2.24. The van der Waals surface area contributed by atoms with E-state index in [1.54, 1.807) is 0 Å². The fraction of sp³-hybridized carbons (Fsp3) is 0.476. The third-order valence-electron chi connectivity index (χ3n) is 5.66. The largest absolute Gasteiger partial charge is 0.394 e. The summed E-state index contributed by atoms with van der Waals surface area (Å²) in [6, 6.07) is 2.31. The zero-order valence-corrected chi connectivity index (χ0v) is 17.8. The van der Waals surface area contributed by atoms with Crippen molar-refractivity contribution in [2.45, 2.75) is 37.4 Å². The molecule has 172 valence electrons. The van der Waals surface area contributed by atoms with Crippen LogP contribution < -0.4 is 0 Å². The van der Waals surface area contributed by atoms with Crippen molar-refractivity contribution in [1.82, 2.24) is 14.9 Å². The van der Waals surface area contributed by atoms with E-state index in [0.717, 1.165) is 6.07 Å². The first kappa shape index (κ1) is 22.9. The van der Waals surface area contributed by atoms with Crippen LogP contribution in [0.25, 0.3) is 0 Å². The summed E-state index contributed by atoms with van der Waals surface area (Å²) in [5.41, 5.74) is -2.12. The van der Waals surface area contributed by atoms with Crippen molar-refractivity contribution in [2.24, 2.45) is 0 Å². The van der Waals surface area contributed by atoms with Crippen molar-refractivity contribution in [2.75, 3.05) is 26.4 Å². The Labute approximate surface area is 187 Å². The normalized spacial score (nSPS) is 21.0. The Morgan fingerprint density at radius 3 is 2.66 bits per heavy atom. The average Bonchev–Trinajstić information content (AvgIpc) is 3.05. The monoisotopic (exact) mass is 469 g/mol. The summed E-state index contributed by atoms with van der Waals surface area (Å²) in [5, 5.41) is 20.1. The zero-order valence-electron chi connectivity index (χ0n) is 17.0. The van der Waals surface area contributed by atoms with Gasteiger partial charge >= 0.3 is 0 Å². The standard InChI is InChI=1S/C21H22ClF2N3O5/c22-13-9-25-16(26-10-13)11-27-19(30)14-7-12(18(29)21(24)1-4-31-5-2-21)8-15(23)17(14)20(27)32-6-3-28/h7-10,18,20,28-29H,1-6,11H2/t18-,20-/m1/s1. The summed E-state index contributed by atoms with van der Waals surface area (Å²) in [6.07, 6.45) is -0.108. The van der Waals surface area contributed by atoms with Crippen molar-refractivity contribution >= 4 is 17.5 Å².